The minimum Gasteiger partial charge on any atom is -0.326 e. The van der Waals surface area contributed by atoms with Gasteiger partial charge in [0.05, 0.1) is 17.1 Å². The van der Waals surface area contributed by atoms with Gasteiger partial charge in [0.1, 0.15) is 5.82 Å². The van der Waals surface area contributed by atoms with Gasteiger partial charge in [-0.25, -0.2) is 4.98 Å². The first-order chi connectivity index (χ1) is 9.58. The average Bonchev–Trinajstić information content (AvgIpc) is 2.95. The molecule has 0 bridgehead atoms. The number of nitrogens with zero attached hydrogens (tertiary/aromatic N) is 2. The normalized spacial score (nSPS) is 14.6. The Balaban J connectivity index is 2.22. The van der Waals surface area contributed by atoms with Crippen LogP contribution in [-0.4, -0.2) is 15.6 Å². The third-order valence-electron chi connectivity index (χ3n) is 3.43. The van der Waals surface area contributed by atoms with E-state index in [1.807, 2.05) is 32.0 Å². The second-order valence-electron chi connectivity index (χ2n) is 4.99. The van der Waals surface area contributed by atoms with E-state index in [4.69, 9.17) is 5.73 Å². The van der Waals surface area contributed by atoms with Crippen LogP contribution in [0.1, 0.15) is 23.7 Å². The lowest BCUT2D eigenvalue weighted by Crippen LogP contribution is -2.30. The largest absolute Gasteiger partial charge is 0.326 e. The molecule has 104 valence electrons. The lowest BCUT2D eigenvalue weighted by Gasteiger charge is -2.23. The van der Waals surface area contributed by atoms with Gasteiger partial charge in [0.2, 0.25) is 0 Å². The van der Waals surface area contributed by atoms with Crippen LogP contribution in [-0.2, 0) is 0 Å². The lowest BCUT2D eigenvalue weighted by atomic mass is 10.1. The van der Waals surface area contributed by atoms with Gasteiger partial charge >= 0.3 is 0 Å². The van der Waals surface area contributed by atoms with Gasteiger partial charge < -0.3 is 10.3 Å². The number of hydrogen-bond donors (Lipinski definition) is 1. The molecule has 5 heteroatoms. The maximum atomic E-state index is 6.27. The van der Waals surface area contributed by atoms with Crippen molar-refractivity contribution in [2.75, 3.05) is 0 Å². The molecule has 20 heavy (non-hydrogen) atoms. The van der Waals surface area contributed by atoms with E-state index in [1.54, 1.807) is 11.3 Å². The molecule has 2 aromatic heterocycles. The molecule has 2 unspecified atom stereocenters. The molecule has 1 aromatic carbocycles. The molecule has 2 heterocycles. The van der Waals surface area contributed by atoms with Crippen LogP contribution in [0.25, 0.3) is 11.0 Å². The molecule has 3 nitrogen and oxygen atoms in total. The highest BCUT2D eigenvalue weighted by molar-refractivity contribution is 9.10. The van der Waals surface area contributed by atoms with E-state index in [1.165, 1.54) is 4.88 Å². The second-order valence-corrected chi connectivity index (χ2v) is 6.85. The molecular formula is C15H16BrN3S. The molecule has 0 aliphatic heterocycles. The number of nitrogens with two attached hydrogens (primary N) is 1. The van der Waals surface area contributed by atoms with Gasteiger partial charge in [-0.3, -0.25) is 0 Å². The molecule has 0 saturated heterocycles. The van der Waals surface area contributed by atoms with Crippen molar-refractivity contribution in [1.29, 1.82) is 0 Å². The molecular weight excluding hydrogens is 334 g/mol. The molecule has 0 fully saturated rings. The van der Waals surface area contributed by atoms with E-state index < -0.39 is 0 Å². The number of benzene rings is 1. The summed E-state index contributed by atoms with van der Waals surface area (Å²) in [6.07, 6.45) is 0. The van der Waals surface area contributed by atoms with Gasteiger partial charge in [0.15, 0.2) is 0 Å². The van der Waals surface area contributed by atoms with Gasteiger partial charge in [-0.1, -0.05) is 12.1 Å². The van der Waals surface area contributed by atoms with Crippen molar-refractivity contribution in [3.8, 4) is 0 Å². The van der Waals surface area contributed by atoms with Gasteiger partial charge in [0.25, 0.3) is 0 Å². The highest BCUT2D eigenvalue weighted by Gasteiger charge is 2.23. The topological polar surface area (TPSA) is 43.8 Å². The van der Waals surface area contributed by atoms with Crippen molar-refractivity contribution in [1.82, 2.24) is 9.55 Å². The van der Waals surface area contributed by atoms with Gasteiger partial charge in [-0.15, -0.1) is 11.3 Å². The number of para-hydroxylation sites is 2. The number of rotatable bonds is 3. The van der Waals surface area contributed by atoms with Crippen LogP contribution in [0.3, 0.4) is 0 Å². The number of hydrogen-bond acceptors (Lipinski definition) is 3. The van der Waals surface area contributed by atoms with Crippen molar-refractivity contribution in [3.63, 3.8) is 0 Å². The molecule has 2 atom stereocenters. The molecule has 0 aliphatic carbocycles. The number of imidazole rings is 1. The number of aryl methyl sites for hydroxylation is 1. The number of fused-ring (bicyclic) bond motifs is 1. The van der Waals surface area contributed by atoms with Gasteiger partial charge in [0, 0.05) is 20.8 Å². The van der Waals surface area contributed by atoms with Crippen molar-refractivity contribution in [3.05, 3.63) is 50.9 Å². The fraction of sp³-hybridized carbons (Fsp3) is 0.267. The average molecular weight is 350 g/mol. The Kier molecular flexibility index (Phi) is 3.67. The summed E-state index contributed by atoms with van der Waals surface area (Å²) in [5.41, 5.74) is 8.43. The zero-order chi connectivity index (χ0) is 14.3. The number of aromatic nitrogens is 2. The maximum Gasteiger partial charge on any atom is 0.107 e. The van der Waals surface area contributed by atoms with Gasteiger partial charge in [-0.2, -0.15) is 0 Å². The van der Waals surface area contributed by atoms with E-state index in [0.29, 0.717) is 0 Å². The molecule has 0 amide bonds. The summed E-state index contributed by atoms with van der Waals surface area (Å²) < 4.78 is 3.35. The fourth-order valence-electron chi connectivity index (χ4n) is 2.62. The third-order valence-corrected chi connectivity index (χ3v) is 5.19. The Hall–Kier alpha value is -1.17. The predicted molar refractivity (Wildman–Crippen MR) is 88.3 cm³/mol. The van der Waals surface area contributed by atoms with Crippen molar-refractivity contribution >= 4 is 38.3 Å². The van der Waals surface area contributed by atoms with Crippen LogP contribution in [0.15, 0.2) is 40.2 Å². The summed E-state index contributed by atoms with van der Waals surface area (Å²) in [6, 6.07) is 10.5. The SMILES string of the molecule is Cc1nc2ccccc2n1C(c1cc(Br)cs1)C(C)N. The van der Waals surface area contributed by atoms with E-state index >= 15 is 0 Å². The standard InChI is InChI=1S/C15H16BrN3S/c1-9(17)15(14-7-11(16)8-20-14)19-10(2)18-12-5-3-4-6-13(12)19/h3-9,15H,17H2,1-2H3. The summed E-state index contributed by atoms with van der Waals surface area (Å²) in [5, 5.41) is 2.10. The Morgan fingerprint density at radius 1 is 1.35 bits per heavy atom. The second kappa shape index (κ2) is 5.31. The van der Waals surface area contributed by atoms with E-state index in [0.717, 1.165) is 21.3 Å². The summed E-state index contributed by atoms with van der Waals surface area (Å²) >= 11 is 5.25. The third kappa shape index (κ3) is 2.30. The Morgan fingerprint density at radius 3 is 2.75 bits per heavy atom. The first kappa shape index (κ1) is 13.8. The minimum absolute atomic E-state index is 0.0110. The van der Waals surface area contributed by atoms with Crippen LogP contribution in [0.2, 0.25) is 0 Å². The Morgan fingerprint density at radius 2 is 2.10 bits per heavy atom. The zero-order valence-corrected chi connectivity index (χ0v) is 13.8. The Bertz CT molecular complexity index is 744. The molecule has 3 rings (SSSR count). The quantitative estimate of drug-likeness (QED) is 0.773. The van der Waals surface area contributed by atoms with Crippen LogP contribution in [0, 0.1) is 6.92 Å². The zero-order valence-electron chi connectivity index (χ0n) is 11.4. The van der Waals surface area contributed by atoms with Crippen molar-refractivity contribution < 1.29 is 0 Å². The van der Waals surface area contributed by atoms with Crippen LogP contribution in [0.5, 0.6) is 0 Å². The monoisotopic (exact) mass is 349 g/mol. The summed E-state index contributed by atoms with van der Waals surface area (Å²) in [4.78, 5) is 5.90. The van der Waals surface area contributed by atoms with Crippen LogP contribution < -0.4 is 5.73 Å². The van der Waals surface area contributed by atoms with Gasteiger partial charge in [-0.05, 0) is 48.0 Å². The number of thiophene rings is 1. The Labute approximate surface area is 130 Å². The van der Waals surface area contributed by atoms with Crippen LogP contribution in [0.4, 0.5) is 0 Å². The minimum atomic E-state index is 0.0110. The van der Waals surface area contributed by atoms with E-state index in [2.05, 4.69) is 43.0 Å². The molecule has 3 aromatic rings. The highest BCUT2D eigenvalue weighted by Crippen LogP contribution is 2.33. The molecule has 2 N–H and O–H groups in total. The first-order valence-electron chi connectivity index (χ1n) is 6.51. The molecule has 0 saturated carbocycles. The smallest absolute Gasteiger partial charge is 0.107 e. The van der Waals surface area contributed by atoms with E-state index in [-0.39, 0.29) is 12.1 Å². The first-order valence-corrected chi connectivity index (χ1v) is 8.18. The lowest BCUT2D eigenvalue weighted by molar-refractivity contribution is 0.505. The van der Waals surface area contributed by atoms with Crippen molar-refractivity contribution in [2.45, 2.75) is 25.9 Å². The summed E-state index contributed by atoms with van der Waals surface area (Å²) in [7, 11) is 0. The molecule has 0 spiro atoms. The highest BCUT2D eigenvalue weighted by atomic mass is 79.9. The fourth-order valence-corrected chi connectivity index (χ4v) is 4.27. The maximum absolute atomic E-state index is 6.27. The van der Waals surface area contributed by atoms with Crippen LogP contribution >= 0.6 is 27.3 Å². The predicted octanol–water partition coefficient (Wildman–Crippen LogP) is 4.11. The number of halogens is 1. The van der Waals surface area contributed by atoms with Crippen molar-refractivity contribution in [2.24, 2.45) is 5.73 Å². The van der Waals surface area contributed by atoms with E-state index in [9.17, 15) is 0 Å². The summed E-state index contributed by atoms with van der Waals surface area (Å²) in [5.74, 6) is 0.998. The molecule has 0 radical (unpaired) electrons. The summed E-state index contributed by atoms with van der Waals surface area (Å²) in [6.45, 7) is 4.09. The molecule has 0 aliphatic rings.